The molecule has 1 aliphatic heterocycles. The fourth-order valence-corrected chi connectivity index (χ4v) is 2.09. The van der Waals surface area contributed by atoms with Gasteiger partial charge in [-0.2, -0.15) is 0 Å². The number of nitrogens with one attached hydrogen (secondary N) is 2. The van der Waals surface area contributed by atoms with Crippen molar-refractivity contribution in [2.24, 2.45) is 10.7 Å². The molecule has 2 rings (SSSR count). The Bertz CT molecular complexity index is 528. The van der Waals surface area contributed by atoms with Crippen molar-refractivity contribution < 1.29 is 9.53 Å². The zero-order valence-electron chi connectivity index (χ0n) is 12.3. The molecule has 0 spiro atoms. The van der Waals surface area contributed by atoms with E-state index in [4.69, 9.17) is 10.5 Å². The van der Waals surface area contributed by atoms with Crippen molar-refractivity contribution >= 4 is 17.6 Å². The number of nitrogens with zero attached hydrogens (tertiary/aromatic N) is 1. The van der Waals surface area contributed by atoms with E-state index in [9.17, 15) is 4.79 Å². The van der Waals surface area contributed by atoms with E-state index in [1.54, 1.807) is 0 Å². The van der Waals surface area contributed by atoms with E-state index < -0.39 is 0 Å². The van der Waals surface area contributed by atoms with Crippen molar-refractivity contribution in [3.63, 3.8) is 0 Å². The average Bonchev–Trinajstić information content (AvgIpc) is 2.49. The van der Waals surface area contributed by atoms with Gasteiger partial charge in [-0.05, 0) is 36.6 Å². The van der Waals surface area contributed by atoms with Crippen molar-refractivity contribution in [3.8, 4) is 5.75 Å². The molecule has 1 aliphatic rings. The number of carbonyl (C=O) groups is 1. The van der Waals surface area contributed by atoms with Crippen LogP contribution in [0, 0.1) is 0 Å². The summed E-state index contributed by atoms with van der Waals surface area (Å²) in [5, 5.41) is 5.85. The third-order valence-corrected chi connectivity index (χ3v) is 3.15. The summed E-state index contributed by atoms with van der Waals surface area (Å²) in [6, 6.07) is 5.72. The molecule has 6 heteroatoms. The smallest absolute Gasteiger partial charge is 0.224 e. The molecule has 0 aliphatic carbocycles. The van der Waals surface area contributed by atoms with Crippen LogP contribution in [0.15, 0.2) is 23.2 Å². The third kappa shape index (κ3) is 4.66. The van der Waals surface area contributed by atoms with Gasteiger partial charge in [-0.25, -0.2) is 0 Å². The molecule has 0 fully saturated rings. The fraction of sp³-hybridized carbons (Fsp3) is 0.467. The molecule has 4 N–H and O–H groups in total. The summed E-state index contributed by atoms with van der Waals surface area (Å²) < 4.78 is 5.67. The lowest BCUT2D eigenvalue weighted by atomic mass is 10.0. The van der Waals surface area contributed by atoms with Gasteiger partial charge in [0, 0.05) is 18.7 Å². The number of carbonyl (C=O) groups excluding carboxylic acids is 1. The van der Waals surface area contributed by atoms with Crippen LogP contribution in [0.2, 0.25) is 0 Å². The normalized spacial score (nSPS) is 14.3. The minimum atomic E-state index is 0.0715. The van der Waals surface area contributed by atoms with Gasteiger partial charge in [-0.15, -0.1) is 0 Å². The number of hydrogen-bond acceptors (Lipinski definition) is 3. The molecule has 0 unspecified atom stereocenters. The second kappa shape index (κ2) is 7.52. The number of nitrogens with two attached hydrogens (primary N) is 1. The number of rotatable bonds is 6. The third-order valence-electron chi connectivity index (χ3n) is 3.15. The first-order valence-electron chi connectivity index (χ1n) is 7.28. The molecule has 6 nitrogen and oxygen atoms in total. The summed E-state index contributed by atoms with van der Waals surface area (Å²) in [4.78, 5) is 15.4. The first-order chi connectivity index (χ1) is 10.2. The summed E-state index contributed by atoms with van der Waals surface area (Å²) in [5.74, 6) is 1.33. The zero-order valence-corrected chi connectivity index (χ0v) is 12.3. The van der Waals surface area contributed by atoms with Crippen molar-refractivity contribution in [2.75, 3.05) is 25.0 Å². The maximum atomic E-state index is 11.3. The van der Waals surface area contributed by atoms with Gasteiger partial charge in [-0.3, -0.25) is 9.79 Å². The van der Waals surface area contributed by atoms with Gasteiger partial charge in [0.25, 0.3) is 0 Å². The van der Waals surface area contributed by atoms with Crippen LogP contribution < -0.4 is 21.1 Å². The summed E-state index contributed by atoms with van der Waals surface area (Å²) in [6.45, 7) is 3.90. The summed E-state index contributed by atoms with van der Waals surface area (Å²) in [5.41, 5.74) is 7.68. The van der Waals surface area contributed by atoms with E-state index in [2.05, 4.69) is 22.5 Å². The molecule has 1 amide bonds. The minimum Gasteiger partial charge on any atom is -0.492 e. The summed E-state index contributed by atoms with van der Waals surface area (Å²) >= 11 is 0. The lowest BCUT2D eigenvalue weighted by Crippen LogP contribution is -2.34. The highest BCUT2D eigenvalue weighted by Gasteiger charge is 2.14. The summed E-state index contributed by atoms with van der Waals surface area (Å²) in [7, 11) is 0. The monoisotopic (exact) mass is 290 g/mol. The number of benzene rings is 1. The number of guanidine groups is 1. The lowest BCUT2D eigenvalue weighted by molar-refractivity contribution is -0.116. The van der Waals surface area contributed by atoms with Crippen LogP contribution >= 0.6 is 0 Å². The Morgan fingerprint density at radius 1 is 1.48 bits per heavy atom. The SMILES string of the molecule is CCCN=C(N)NCCOc1ccc2c(c1)CCC(=O)N2. The number of fused-ring (bicyclic) bond motifs is 1. The maximum Gasteiger partial charge on any atom is 0.224 e. The van der Waals surface area contributed by atoms with E-state index in [1.807, 2.05) is 18.2 Å². The largest absolute Gasteiger partial charge is 0.492 e. The highest BCUT2D eigenvalue weighted by Crippen LogP contribution is 2.26. The first kappa shape index (κ1) is 15.2. The Labute approximate surface area is 124 Å². The van der Waals surface area contributed by atoms with Crippen molar-refractivity contribution in [1.29, 1.82) is 0 Å². The van der Waals surface area contributed by atoms with E-state index in [0.717, 1.165) is 36.4 Å². The van der Waals surface area contributed by atoms with Crippen LogP contribution in [0.4, 0.5) is 5.69 Å². The molecule has 0 saturated heterocycles. The van der Waals surface area contributed by atoms with Gasteiger partial charge >= 0.3 is 0 Å². The average molecular weight is 290 g/mol. The molecular weight excluding hydrogens is 268 g/mol. The molecule has 21 heavy (non-hydrogen) atoms. The van der Waals surface area contributed by atoms with Gasteiger partial charge in [0.2, 0.25) is 5.91 Å². The second-order valence-electron chi connectivity index (χ2n) is 4.91. The Kier molecular flexibility index (Phi) is 5.43. The van der Waals surface area contributed by atoms with Crippen LogP contribution in [0.1, 0.15) is 25.3 Å². The number of anilines is 1. The second-order valence-corrected chi connectivity index (χ2v) is 4.91. The topological polar surface area (TPSA) is 88.7 Å². The molecule has 0 aromatic heterocycles. The van der Waals surface area contributed by atoms with Crippen LogP contribution in [0.5, 0.6) is 5.75 Å². The van der Waals surface area contributed by atoms with E-state index in [0.29, 0.717) is 25.5 Å². The van der Waals surface area contributed by atoms with Crippen molar-refractivity contribution in [1.82, 2.24) is 5.32 Å². The minimum absolute atomic E-state index is 0.0715. The molecular formula is C15H22N4O2. The predicted octanol–water partition coefficient (Wildman–Crippen LogP) is 1.26. The molecule has 0 saturated carbocycles. The molecule has 0 bridgehead atoms. The Hall–Kier alpha value is -2.24. The Morgan fingerprint density at radius 3 is 3.14 bits per heavy atom. The van der Waals surface area contributed by atoms with Gasteiger partial charge in [0.15, 0.2) is 5.96 Å². The van der Waals surface area contributed by atoms with Crippen molar-refractivity contribution in [3.05, 3.63) is 23.8 Å². The predicted molar refractivity (Wildman–Crippen MR) is 83.7 cm³/mol. The van der Waals surface area contributed by atoms with Crippen LogP contribution in [-0.2, 0) is 11.2 Å². The standard InChI is InChI=1S/C15H22N4O2/c1-2-7-17-15(16)18-8-9-21-12-4-5-13-11(10-12)3-6-14(20)19-13/h4-5,10H,2-3,6-9H2,1H3,(H,19,20)(H3,16,17,18). The van der Waals surface area contributed by atoms with Crippen LogP contribution in [0.25, 0.3) is 0 Å². The molecule has 1 aromatic carbocycles. The molecule has 0 atom stereocenters. The van der Waals surface area contributed by atoms with Gasteiger partial charge in [-0.1, -0.05) is 6.92 Å². The van der Waals surface area contributed by atoms with E-state index >= 15 is 0 Å². The molecule has 114 valence electrons. The summed E-state index contributed by atoms with van der Waals surface area (Å²) in [6.07, 6.45) is 2.26. The van der Waals surface area contributed by atoms with Gasteiger partial charge in [0.1, 0.15) is 12.4 Å². The van der Waals surface area contributed by atoms with Crippen LogP contribution in [-0.4, -0.2) is 31.6 Å². The number of hydrogen-bond donors (Lipinski definition) is 3. The molecule has 0 radical (unpaired) electrons. The molecule has 1 heterocycles. The Morgan fingerprint density at radius 2 is 2.33 bits per heavy atom. The highest BCUT2D eigenvalue weighted by molar-refractivity contribution is 5.94. The van der Waals surface area contributed by atoms with Gasteiger partial charge in [0.05, 0.1) is 6.54 Å². The Balaban J connectivity index is 1.78. The van der Waals surface area contributed by atoms with E-state index in [-0.39, 0.29) is 5.91 Å². The number of ether oxygens (including phenoxy) is 1. The van der Waals surface area contributed by atoms with Crippen LogP contribution in [0.3, 0.4) is 0 Å². The number of aryl methyl sites for hydroxylation is 1. The number of aliphatic imine (C=N–C) groups is 1. The maximum absolute atomic E-state index is 11.3. The highest BCUT2D eigenvalue weighted by atomic mass is 16.5. The lowest BCUT2D eigenvalue weighted by Gasteiger charge is -2.17. The fourth-order valence-electron chi connectivity index (χ4n) is 2.09. The van der Waals surface area contributed by atoms with Gasteiger partial charge < -0.3 is 21.1 Å². The number of amides is 1. The zero-order chi connectivity index (χ0) is 15.1. The van der Waals surface area contributed by atoms with E-state index in [1.165, 1.54) is 0 Å². The quantitative estimate of drug-likeness (QED) is 0.418. The first-order valence-corrected chi connectivity index (χ1v) is 7.28. The molecule has 1 aromatic rings. The van der Waals surface area contributed by atoms with Crippen molar-refractivity contribution in [2.45, 2.75) is 26.2 Å².